The highest BCUT2D eigenvalue weighted by Gasteiger charge is 2.33. The van der Waals surface area contributed by atoms with Gasteiger partial charge >= 0.3 is 5.97 Å². The molecule has 0 unspecified atom stereocenters. The molecule has 0 fully saturated rings. The number of aliphatic carboxylic acids is 1. The zero-order valence-corrected chi connectivity index (χ0v) is 12.1. The van der Waals surface area contributed by atoms with E-state index < -0.39 is 11.5 Å². The summed E-state index contributed by atoms with van der Waals surface area (Å²) >= 11 is 3.37. The molecule has 1 N–H and O–H groups in total. The van der Waals surface area contributed by atoms with Gasteiger partial charge in [0, 0.05) is 10.9 Å². The normalized spacial score (nSPS) is 11.5. The molecule has 7 heteroatoms. The second-order valence-corrected chi connectivity index (χ2v) is 5.59. The first-order valence-corrected chi connectivity index (χ1v) is 6.46. The summed E-state index contributed by atoms with van der Waals surface area (Å²) in [4.78, 5) is 11.2. The van der Waals surface area contributed by atoms with E-state index in [9.17, 15) is 9.90 Å². The molecule has 0 aliphatic carbocycles. The number of hydrogen-bond donors (Lipinski definition) is 1. The van der Waals surface area contributed by atoms with Gasteiger partial charge in [-0.3, -0.25) is 0 Å². The molecule has 19 heavy (non-hydrogen) atoms. The monoisotopic (exact) mass is 324 g/mol. The number of hydrogen-bond acceptors (Lipinski definition) is 4. The predicted octanol–water partition coefficient (Wildman–Crippen LogP) is 1.85. The van der Waals surface area contributed by atoms with Crippen LogP contribution in [0.5, 0.6) is 0 Å². The molecule has 0 atom stereocenters. The van der Waals surface area contributed by atoms with Crippen molar-refractivity contribution < 1.29 is 9.90 Å². The van der Waals surface area contributed by atoms with Gasteiger partial charge in [0.25, 0.3) is 0 Å². The van der Waals surface area contributed by atoms with Gasteiger partial charge in [-0.2, -0.15) is 0 Å². The quantitative estimate of drug-likeness (QED) is 0.928. The molecule has 2 rings (SSSR count). The Morgan fingerprint density at radius 1 is 1.37 bits per heavy atom. The molecule has 0 saturated carbocycles. The molecule has 0 bridgehead atoms. The van der Waals surface area contributed by atoms with Crippen molar-refractivity contribution in [3.63, 3.8) is 0 Å². The molecular weight excluding hydrogens is 312 g/mol. The summed E-state index contributed by atoms with van der Waals surface area (Å²) in [5.41, 5.74) is -0.158. The van der Waals surface area contributed by atoms with Crippen LogP contribution in [0.2, 0.25) is 0 Å². The first-order valence-electron chi connectivity index (χ1n) is 5.67. The van der Waals surface area contributed by atoms with Crippen molar-refractivity contribution in [2.45, 2.75) is 25.8 Å². The maximum Gasteiger partial charge on any atom is 0.331 e. The van der Waals surface area contributed by atoms with Crippen LogP contribution in [0.4, 0.5) is 0 Å². The Morgan fingerprint density at radius 2 is 2.00 bits per heavy atom. The van der Waals surface area contributed by atoms with E-state index in [2.05, 4.69) is 31.5 Å². The SMILES string of the molecule is CC(C)(C(=O)O)n1nnnc1Cc1ccc(Br)cc1. The number of carbonyl (C=O) groups is 1. The molecule has 0 amide bonds. The molecule has 6 nitrogen and oxygen atoms in total. The van der Waals surface area contributed by atoms with Crippen molar-refractivity contribution in [3.05, 3.63) is 40.1 Å². The topological polar surface area (TPSA) is 80.9 Å². The first kappa shape index (κ1) is 13.7. The van der Waals surface area contributed by atoms with Crippen molar-refractivity contribution in [2.24, 2.45) is 0 Å². The van der Waals surface area contributed by atoms with Crippen LogP contribution in [-0.2, 0) is 16.8 Å². The molecule has 100 valence electrons. The smallest absolute Gasteiger partial charge is 0.331 e. The highest BCUT2D eigenvalue weighted by Crippen LogP contribution is 2.18. The Kier molecular flexibility index (Phi) is 3.66. The van der Waals surface area contributed by atoms with E-state index in [1.165, 1.54) is 4.68 Å². The van der Waals surface area contributed by atoms with E-state index in [-0.39, 0.29) is 0 Å². The van der Waals surface area contributed by atoms with Crippen LogP contribution in [0.25, 0.3) is 0 Å². The second kappa shape index (κ2) is 5.08. The van der Waals surface area contributed by atoms with E-state index in [1.54, 1.807) is 13.8 Å². The largest absolute Gasteiger partial charge is 0.479 e. The van der Waals surface area contributed by atoms with Gasteiger partial charge in [-0.1, -0.05) is 28.1 Å². The van der Waals surface area contributed by atoms with Crippen LogP contribution >= 0.6 is 15.9 Å². The third-order valence-electron chi connectivity index (χ3n) is 2.86. The van der Waals surface area contributed by atoms with Crippen molar-refractivity contribution in [1.82, 2.24) is 20.2 Å². The lowest BCUT2D eigenvalue weighted by Crippen LogP contribution is -2.38. The van der Waals surface area contributed by atoms with E-state index in [4.69, 9.17) is 0 Å². The highest BCUT2D eigenvalue weighted by molar-refractivity contribution is 9.10. The molecule has 0 spiro atoms. The van der Waals surface area contributed by atoms with E-state index >= 15 is 0 Å². The minimum atomic E-state index is -1.17. The fourth-order valence-electron chi connectivity index (χ4n) is 1.63. The van der Waals surface area contributed by atoms with Crippen LogP contribution in [0.3, 0.4) is 0 Å². The van der Waals surface area contributed by atoms with Gasteiger partial charge in [0.1, 0.15) is 0 Å². The standard InChI is InChI=1S/C12H13BrN4O2/c1-12(2,11(18)19)17-10(14-15-16-17)7-8-3-5-9(13)6-4-8/h3-6H,7H2,1-2H3,(H,18,19). The van der Waals surface area contributed by atoms with Gasteiger partial charge in [-0.15, -0.1) is 5.10 Å². The van der Waals surface area contributed by atoms with Crippen LogP contribution in [0.15, 0.2) is 28.7 Å². The lowest BCUT2D eigenvalue weighted by atomic mass is 10.1. The highest BCUT2D eigenvalue weighted by atomic mass is 79.9. The first-order chi connectivity index (χ1) is 8.91. The molecule has 0 aliphatic rings. The van der Waals surface area contributed by atoms with Crippen molar-refractivity contribution in [2.75, 3.05) is 0 Å². The Morgan fingerprint density at radius 3 is 2.58 bits per heavy atom. The van der Waals surface area contributed by atoms with Gasteiger partial charge in [-0.05, 0) is 42.0 Å². The minimum Gasteiger partial charge on any atom is -0.479 e. The maximum absolute atomic E-state index is 11.2. The van der Waals surface area contributed by atoms with E-state index in [0.717, 1.165) is 10.0 Å². The summed E-state index contributed by atoms with van der Waals surface area (Å²) in [5.74, 6) is -0.452. The number of benzene rings is 1. The van der Waals surface area contributed by atoms with Crippen LogP contribution < -0.4 is 0 Å². The number of rotatable bonds is 4. The molecule has 0 aliphatic heterocycles. The van der Waals surface area contributed by atoms with Crippen LogP contribution in [0, 0.1) is 0 Å². The fraction of sp³-hybridized carbons (Fsp3) is 0.333. The Balaban J connectivity index is 2.30. The van der Waals surface area contributed by atoms with E-state index in [0.29, 0.717) is 12.2 Å². The van der Waals surface area contributed by atoms with Gasteiger partial charge in [-0.25, -0.2) is 9.48 Å². The van der Waals surface area contributed by atoms with Crippen molar-refractivity contribution >= 4 is 21.9 Å². The maximum atomic E-state index is 11.2. The number of aromatic nitrogens is 4. The fourth-order valence-corrected chi connectivity index (χ4v) is 1.89. The minimum absolute atomic E-state index is 0.483. The molecule has 0 radical (unpaired) electrons. The summed E-state index contributed by atoms with van der Waals surface area (Å²) in [7, 11) is 0. The molecule has 1 aromatic carbocycles. The summed E-state index contributed by atoms with van der Waals surface area (Å²) in [5, 5.41) is 20.5. The van der Waals surface area contributed by atoms with Crippen LogP contribution in [0.1, 0.15) is 25.2 Å². The Hall–Kier alpha value is -1.76. The summed E-state index contributed by atoms with van der Waals surface area (Å²) < 4.78 is 2.33. The van der Waals surface area contributed by atoms with Crippen molar-refractivity contribution in [3.8, 4) is 0 Å². The van der Waals surface area contributed by atoms with Gasteiger partial charge in [0.15, 0.2) is 11.4 Å². The number of carboxylic acid groups (broad SMARTS) is 1. The van der Waals surface area contributed by atoms with Gasteiger partial charge < -0.3 is 5.11 Å². The molecular formula is C12H13BrN4O2. The molecule has 2 aromatic rings. The van der Waals surface area contributed by atoms with Gasteiger partial charge in [0.05, 0.1) is 0 Å². The number of halogens is 1. The van der Waals surface area contributed by atoms with E-state index in [1.807, 2.05) is 24.3 Å². The number of tetrazole rings is 1. The third kappa shape index (κ3) is 2.81. The Labute approximate surface area is 118 Å². The Bertz CT molecular complexity index is 592. The zero-order valence-electron chi connectivity index (χ0n) is 10.5. The average molecular weight is 325 g/mol. The van der Waals surface area contributed by atoms with Crippen molar-refractivity contribution in [1.29, 1.82) is 0 Å². The molecule has 0 saturated heterocycles. The molecule has 1 aromatic heterocycles. The average Bonchev–Trinajstić information content (AvgIpc) is 2.80. The summed E-state index contributed by atoms with van der Waals surface area (Å²) in [6.07, 6.45) is 0.483. The molecule has 1 heterocycles. The second-order valence-electron chi connectivity index (χ2n) is 4.67. The third-order valence-corrected chi connectivity index (χ3v) is 3.39. The number of nitrogens with zero attached hydrogens (tertiary/aromatic N) is 4. The van der Waals surface area contributed by atoms with Gasteiger partial charge in [0.2, 0.25) is 0 Å². The summed E-state index contributed by atoms with van der Waals surface area (Å²) in [6, 6.07) is 7.73. The summed E-state index contributed by atoms with van der Waals surface area (Å²) in [6.45, 7) is 3.13. The lowest BCUT2D eigenvalue weighted by Gasteiger charge is -2.20. The zero-order chi connectivity index (χ0) is 14.0. The lowest BCUT2D eigenvalue weighted by molar-refractivity contribution is -0.146. The predicted molar refractivity (Wildman–Crippen MR) is 71.7 cm³/mol. The van der Waals surface area contributed by atoms with Crippen LogP contribution in [-0.4, -0.2) is 31.3 Å². The number of carboxylic acids is 1.